The van der Waals surface area contributed by atoms with Crippen LogP contribution in [0, 0.1) is 0 Å². The minimum atomic E-state index is -0.103. The molecule has 2 heteroatoms. The van der Waals surface area contributed by atoms with Gasteiger partial charge in [-0.1, -0.05) is 159 Å². The predicted molar refractivity (Wildman–Crippen MR) is 212 cm³/mol. The van der Waals surface area contributed by atoms with Gasteiger partial charge in [0.05, 0.1) is 11.4 Å². The average Bonchev–Trinajstić information content (AvgIpc) is 3.68. The van der Waals surface area contributed by atoms with E-state index in [9.17, 15) is 0 Å². The zero-order chi connectivity index (χ0) is 34.1. The second-order valence-corrected chi connectivity index (χ2v) is 14.4. The highest BCUT2D eigenvalue weighted by Crippen LogP contribution is 2.55. The molecule has 51 heavy (non-hydrogen) atoms. The van der Waals surface area contributed by atoms with E-state index in [1.807, 2.05) is 0 Å². The van der Waals surface area contributed by atoms with Crippen LogP contribution in [0.5, 0.6) is 5.75 Å². The fraction of sp³-hybridized carbons (Fsp3) is 0.102. The fourth-order valence-corrected chi connectivity index (χ4v) is 8.69. The third-order valence-corrected chi connectivity index (χ3v) is 11.2. The molecule has 1 heterocycles. The molecule has 0 spiro atoms. The highest BCUT2D eigenvalue weighted by atomic mass is 16.5. The molecule has 0 bridgehead atoms. The van der Waals surface area contributed by atoms with Crippen LogP contribution in [0.25, 0.3) is 38.6 Å². The van der Waals surface area contributed by atoms with Gasteiger partial charge in [0.25, 0.3) is 0 Å². The summed E-state index contributed by atoms with van der Waals surface area (Å²) in [6, 6.07) is 57.4. The van der Waals surface area contributed by atoms with Crippen molar-refractivity contribution in [2.45, 2.75) is 31.3 Å². The smallest absolute Gasteiger partial charge is 0.132 e. The molecule has 2 atom stereocenters. The number of benzene rings is 7. The number of rotatable bonds is 5. The lowest BCUT2D eigenvalue weighted by atomic mass is 9.82. The summed E-state index contributed by atoms with van der Waals surface area (Å²) in [5.41, 5.74) is 14.8. The maximum atomic E-state index is 6.63. The summed E-state index contributed by atoms with van der Waals surface area (Å²) >= 11 is 0. The van der Waals surface area contributed by atoms with Gasteiger partial charge in [-0.15, -0.1) is 0 Å². The molecule has 244 valence electrons. The molecule has 0 N–H and O–H groups in total. The van der Waals surface area contributed by atoms with Gasteiger partial charge in [0.15, 0.2) is 0 Å². The van der Waals surface area contributed by atoms with E-state index in [2.05, 4.69) is 195 Å². The van der Waals surface area contributed by atoms with Gasteiger partial charge in [0.2, 0.25) is 0 Å². The first kappa shape index (κ1) is 29.8. The average molecular weight is 656 g/mol. The van der Waals surface area contributed by atoms with Gasteiger partial charge in [0, 0.05) is 39.1 Å². The standard InChI is InChI=1S/C49H37NO/c1-49(2)42-19-10-8-18-40(42)47-43(49)20-12-22-45(47)50(36-27-23-33(24-28-36)32-13-4-3-5-14-32)44-21-11-9-16-37(44)35-26-30-46-41(31-35)39-29-25-34-15-6-7-17-38(34)48(39)51-46/h3-31,41,46H,1-2H3. The number of fused-ring (bicyclic) bond motifs is 8. The minimum absolute atomic E-state index is 0.0144. The summed E-state index contributed by atoms with van der Waals surface area (Å²) in [5.74, 6) is 1.16. The maximum absolute atomic E-state index is 6.63. The van der Waals surface area contributed by atoms with E-state index in [4.69, 9.17) is 4.74 Å². The lowest BCUT2D eigenvalue weighted by Gasteiger charge is -2.31. The van der Waals surface area contributed by atoms with Crippen molar-refractivity contribution in [2.75, 3.05) is 4.90 Å². The van der Waals surface area contributed by atoms with Gasteiger partial charge < -0.3 is 9.64 Å². The first-order valence-electron chi connectivity index (χ1n) is 17.9. The monoisotopic (exact) mass is 655 g/mol. The molecule has 0 saturated carbocycles. The van der Waals surface area contributed by atoms with Crippen LogP contribution in [0.15, 0.2) is 176 Å². The van der Waals surface area contributed by atoms with Crippen LogP contribution < -0.4 is 9.64 Å². The number of hydrogen-bond donors (Lipinski definition) is 0. The number of anilines is 3. The molecule has 0 radical (unpaired) electrons. The Labute approximate surface area is 299 Å². The third-order valence-electron chi connectivity index (χ3n) is 11.2. The van der Waals surface area contributed by atoms with Crippen molar-refractivity contribution in [1.29, 1.82) is 0 Å². The van der Waals surface area contributed by atoms with Crippen LogP contribution in [0.3, 0.4) is 0 Å². The molecule has 3 aliphatic rings. The lowest BCUT2D eigenvalue weighted by Crippen LogP contribution is -2.18. The van der Waals surface area contributed by atoms with Crippen molar-refractivity contribution in [3.05, 3.63) is 198 Å². The molecule has 2 nitrogen and oxygen atoms in total. The molecule has 7 aromatic carbocycles. The summed E-state index contributed by atoms with van der Waals surface area (Å²) in [4.78, 5) is 2.48. The Morgan fingerprint density at radius 3 is 2.12 bits per heavy atom. The van der Waals surface area contributed by atoms with Gasteiger partial charge in [-0.25, -0.2) is 0 Å². The van der Waals surface area contributed by atoms with E-state index in [1.165, 1.54) is 66.5 Å². The number of allylic oxidation sites excluding steroid dienone is 2. The molecule has 0 amide bonds. The Kier molecular flexibility index (Phi) is 6.69. The summed E-state index contributed by atoms with van der Waals surface area (Å²) in [7, 11) is 0. The predicted octanol–water partition coefficient (Wildman–Crippen LogP) is 12.8. The van der Waals surface area contributed by atoms with E-state index in [1.54, 1.807) is 0 Å². The quantitative estimate of drug-likeness (QED) is 0.183. The molecular weight excluding hydrogens is 619 g/mol. The zero-order valence-corrected chi connectivity index (χ0v) is 28.8. The largest absolute Gasteiger partial charge is 0.484 e. The lowest BCUT2D eigenvalue weighted by molar-refractivity contribution is 0.272. The van der Waals surface area contributed by atoms with Gasteiger partial charge in [-0.3, -0.25) is 0 Å². The molecule has 0 saturated heterocycles. The van der Waals surface area contributed by atoms with E-state index in [0.29, 0.717) is 0 Å². The summed E-state index contributed by atoms with van der Waals surface area (Å²) in [6.07, 6.45) is 6.93. The van der Waals surface area contributed by atoms with Crippen LogP contribution in [0.2, 0.25) is 0 Å². The van der Waals surface area contributed by atoms with Crippen molar-refractivity contribution in [2.24, 2.45) is 0 Å². The summed E-state index contributed by atoms with van der Waals surface area (Å²) in [5, 5.41) is 2.39. The number of para-hydroxylation sites is 1. The van der Waals surface area contributed by atoms with Crippen LogP contribution in [-0.2, 0) is 5.41 Å². The fourth-order valence-electron chi connectivity index (χ4n) is 8.69. The van der Waals surface area contributed by atoms with Gasteiger partial charge >= 0.3 is 0 Å². The second-order valence-electron chi connectivity index (χ2n) is 14.4. The second kappa shape index (κ2) is 11.5. The van der Waals surface area contributed by atoms with Crippen LogP contribution in [-0.4, -0.2) is 6.10 Å². The maximum Gasteiger partial charge on any atom is 0.132 e. The number of nitrogens with zero attached hydrogens (tertiary/aromatic N) is 1. The molecule has 10 rings (SSSR count). The molecular formula is C49H37NO. The number of ether oxygens (including phenoxy) is 1. The van der Waals surface area contributed by atoms with E-state index in [0.717, 1.165) is 17.1 Å². The summed E-state index contributed by atoms with van der Waals surface area (Å²) in [6.45, 7) is 4.71. The van der Waals surface area contributed by atoms with E-state index in [-0.39, 0.29) is 17.4 Å². The molecule has 0 fully saturated rings. The summed E-state index contributed by atoms with van der Waals surface area (Å²) < 4.78 is 6.63. The Bertz CT molecular complexity index is 2540. The van der Waals surface area contributed by atoms with Crippen LogP contribution >= 0.6 is 0 Å². The first-order valence-corrected chi connectivity index (χ1v) is 17.9. The first-order chi connectivity index (χ1) is 25.1. The Hall–Kier alpha value is -6.12. The van der Waals surface area contributed by atoms with Crippen molar-refractivity contribution >= 4 is 33.4 Å². The van der Waals surface area contributed by atoms with Crippen LogP contribution in [0.1, 0.15) is 42.0 Å². The number of hydrogen-bond acceptors (Lipinski definition) is 2. The van der Waals surface area contributed by atoms with Crippen molar-refractivity contribution < 1.29 is 4.74 Å². The molecule has 7 aromatic rings. The normalized spacial score (nSPS) is 17.6. The SMILES string of the molecule is CC1(C)c2ccccc2-c2c(N(c3ccc(-c4ccccc4)cc3)c3ccccc3C3=CC4c5ccc6ccccc6c5OC4C=C3)cccc21. The Balaban J connectivity index is 1.16. The van der Waals surface area contributed by atoms with Crippen molar-refractivity contribution in [3.8, 4) is 28.0 Å². The molecule has 0 aromatic heterocycles. The van der Waals surface area contributed by atoms with E-state index < -0.39 is 0 Å². The zero-order valence-electron chi connectivity index (χ0n) is 28.8. The third kappa shape index (κ3) is 4.63. The van der Waals surface area contributed by atoms with Gasteiger partial charge in [-0.2, -0.15) is 0 Å². The topological polar surface area (TPSA) is 12.5 Å². The van der Waals surface area contributed by atoms with Gasteiger partial charge in [0.1, 0.15) is 11.9 Å². The molecule has 2 unspecified atom stereocenters. The molecule has 2 aliphatic carbocycles. The molecule has 1 aliphatic heterocycles. The van der Waals surface area contributed by atoms with Crippen LogP contribution in [0.4, 0.5) is 17.1 Å². The van der Waals surface area contributed by atoms with E-state index >= 15 is 0 Å². The highest BCUT2D eigenvalue weighted by molar-refractivity contribution is 5.98. The van der Waals surface area contributed by atoms with Crippen molar-refractivity contribution in [1.82, 2.24) is 0 Å². The Morgan fingerprint density at radius 1 is 0.569 bits per heavy atom. The minimum Gasteiger partial charge on any atom is -0.484 e. The Morgan fingerprint density at radius 2 is 1.25 bits per heavy atom. The highest BCUT2D eigenvalue weighted by Gasteiger charge is 2.38. The van der Waals surface area contributed by atoms with Gasteiger partial charge in [-0.05, 0) is 69.1 Å². The van der Waals surface area contributed by atoms with Crippen molar-refractivity contribution in [3.63, 3.8) is 0 Å².